The minimum atomic E-state index is 0.0674. The lowest BCUT2D eigenvalue weighted by Crippen LogP contribution is -2.21. The molecule has 15 heavy (non-hydrogen) atoms. The number of hydrogen-bond donors (Lipinski definition) is 1. The summed E-state index contributed by atoms with van der Waals surface area (Å²) in [6, 6.07) is 2.07. The molecule has 1 aliphatic carbocycles. The highest BCUT2D eigenvalue weighted by Gasteiger charge is 2.22. The van der Waals surface area contributed by atoms with Crippen molar-refractivity contribution < 1.29 is 0 Å². The van der Waals surface area contributed by atoms with Crippen LogP contribution < -0.4 is 5.73 Å². The maximum absolute atomic E-state index is 6.15. The monoisotopic (exact) mass is 332 g/mol. The molecule has 1 saturated carbocycles. The second-order valence-electron chi connectivity index (χ2n) is 4.16. The second kappa shape index (κ2) is 4.93. The van der Waals surface area contributed by atoms with Gasteiger partial charge in [0.1, 0.15) is 0 Å². The zero-order valence-corrected chi connectivity index (χ0v) is 11.6. The summed E-state index contributed by atoms with van der Waals surface area (Å²) in [6.07, 6.45) is 6.91. The van der Waals surface area contributed by atoms with Crippen molar-refractivity contribution in [2.24, 2.45) is 11.7 Å². The molecule has 0 aliphatic heterocycles. The Morgan fingerprint density at radius 1 is 1.47 bits per heavy atom. The molecule has 1 unspecified atom stereocenters. The average molecular weight is 334 g/mol. The summed E-state index contributed by atoms with van der Waals surface area (Å²) >= 11 is 6.89. The van der Waals surface area contributed by atoms with E-state index in [0.29, 0.717) is 0 Å². The molecule has 1 fully saturated rings. The third-order valence-electron chi connectivity index (χ3n) is 3.00. The first-order chi connectivity index (χ1) is 7.16. The second-order valence-corrected chi connectivity index (χ2v) is 5.93. The lowest BCUT2D eigenvalue weighted by molar-refractivity contribution is 0.275. The van der Waals surface area contributed by atoms with E-state index in [4.69, 9.17) is 5.73 Å². The fourth-order valence-corrected chi connectivity index (χ4v) is 3.18. The summed E-state index contributed by atoms with van der Waals surface area (Å²) in [5, 5.41) is 0. The molecule has 82 valence electrons. The maximum atomic E-state index is 6.15. The summed E-state index contributed by atoms with van der Waals surface area (Å²) in [5.41, 5.74) is 7.13. The smallest absolute Gasteiger partial charge is 0.0713 e. The van der Waals surface area contributed by atoms with E-state index in [1.165, 1.54) is 19.3 Å². The van der Waals surface area contributed by atoms with E-state index in [0.717, 1.165) is 27.0 Å². The van der Waals surface area contributed by atoms with Gasteiger partial charge in [-0.3, -0.25) is 4.98 Å². The molecule has 0 aromatic carbocycles. The van der Waals surface area contributed by atoms with Gasteiger partial charge in [0.05, 0.1) is 5.69 Å². The molecule has 1 aromatic heterocycles. The standard InChI is InChI=1S/C11H14Br2N2/c12-8-5-9(13)11(15-6-8)10(14)4-7-2-1-3-7/h5-7,10H,1-4,14H2. The summed E-state index contributed by atoms with van der Waals surface area (Å²) in [4.78, 5) is 4.37. The molecule has 4 heteroatoms. The molecule has 0 radical (unpaired) electrons. The minimum Gasteiger partial charge on any atom is -0.323 e. The van der Waals surface area contributed by atoms with Crippen LogP contribution in [0.3, 0.4) is 0 Å². The van der Waals surface area contributed by atoms with Gasteiger partial charge in [0.15, 0.2) is 0 Å². The van der Waals surface area contributed by atoms with Crippen LogP contribution in [0.5, 0.6) is 0 Å². The molecule has 0 amide bonds. The Hall–Kier alpha value is 0.0700. The summed E-state index contributed by atoms with van der Waals surface area (Å²) < 4.78 is 1.98. The molecule has 0 bridgehead atoms. The quantitative estimate of drug-likeness (QED) is 0.913. The Balaban J connectivity index is 2.06. The Morgan fingerprint density at radius 2 is 2.20 bits per heavy atom. The molecule has 1 aliphatic rings. The van der Waals surface area contributed by atoms with Gasteiger partial charge in [-0.15, -0.1) is 0 Å². The van der Waals surface area contributed by atoms with Crippen LogP contribution in [0.2, 0.25) is 0 Å². The van der Waals surface area contributed by atoms with Crippen molar-refractivity contribution in [2.45, 2.75) is 31.7 Å². The molecular formula is C11H14Br2N2. The first-order valence-electron chi connectivity index (χ1n) is 5.23. The van der Waals surface area contributed by atoms with E-state index in [-0.39, 0.29) is 6.04 Å². The Labute approximate surface area is 107 Å². The van der Waals surface area contributed by atoms with Gasteiger partial charge >= 0.3 is 0 Å². The van der Waals surface area contributed by atoms with E-state index in [9.17, 15) is 0 Å². The number of halogens is 2. The zero-order chi connectivity index (χ0) is 10.8. The van der Waals surface area contributed by atoms with E-state index in [1.54, 1.807) is 6.20 Å². The number of pyridine rings is 1. The Kier molecular flexibility index (Phi) is 3.80. The van der Waals surface area contributed by atoms with Gasteiger partial charge in [-0.1, -0.05) is 19.3 Å². The summed E-state index contributed by atoms with van der Waals surface area (Å²) in [6.45, 7) is 0. The van der Waals surface area contributed by atoms with E-state index < -0.39 is 0 Å². The van der Waals surface area contributed by atoms with Crippen LogP contribution in [0.25, 0.3) is 0 Å². The summed E-state index contributed by atoms with van der Waals surface area (Å²) in [5.74, 6) is 0.817. The molecule has 2 rings (SSSR count). The van der Waals surface area contributed by atoms with Gasteiger partial charge in [0.2, 0.25) is 0 Å². The number of aromatic nitrogens is 1. The van der Waals surface area contributed by atoms with E-state index in [2.05, 4.69) is 36.8 Å². The molecule has 1 heterocycles. The van der Waals surface area contributed by atoms with Crippen LogP contribution in [0.15, 0.2) is 21.2 Å². The number of rotatable bonds is 3. The molecule has 2 N–H and O–H groups in total. The third-order valence-corrected chi connectivity index (χ3v) is 4.07. The van der Waals surface area contributed by atoms with Gasteiger partial charge in [0, 0.05) is 21.2 Å². The Bertz CT molecular complexity index is 350. The molecular weight excluding hydrogens is 320 g/mol. The highest BCUT2D eigenvalue weighted by Crippen LogP contribution is 2.35. The predicted octanol–water partition coefficient (Wildman–Crippen LogP) is 3.80. The first kappa shape index (κ1) is 11.6. The van der Waals surface area contributed by atoms with Crippen LogP contribution >= 0.6 is 31.9 Å². The molecule has 1 atom stereocenters. The average Bonchev–Trinajstić information content (AvgIpc) is 2.11. The van der Waals surface area contributed by atoms with Crippen LogP contribution in [0.4, 0.5) is 0 Å². The normalized spacial score (nSPS) is 18.6. The highest BCUT2D eigenvalue weighted by atomic mass is 79.9. The van der Waals surface area contributed by atoms with Crippen molar-refractivity contribution in [3.8, 4) is 0 Å². The zero-order valence-electron chi connectivity index (χ0n) is 8.42. The van der Waals surface area contributed by atoms with Gasteiger partial charge < -0.3 is 5.73 Å². The minimum absolute atomic E-state index is 0.0674. The lowest BCUT2D eigenvalue weighted by atomic mass is 9.80. The van der Waals surface area contributed by atoms with Crippen molar-refractivity contribution in [1.82, 2.24) is 4.98 Å². The van der Waals surface area contributed by atoms with Crippen LogP contribution in [-0.2, 0) is 0 Å². The van der Waals surface area contributed by atoms with E-state index in [1.807, 2.05) is 6.07 Å². The predicted molar refractivity (Wildman–Crippen MR) is 68.5 cm³/mol. The fourth-order valence-electron chi connectivity index (χ4n) is 1.90. The SMILES string of the molecule is NC(CC1CCC1)c1ncc(Br)cc1Br. The molecule has 2 nitrogen and oxygen atoms in total. The maximum Gasteiger partial charge on any atom is 0.0713 e. The largest absolute Gasteiger partial charge is 0.323 e. The van der Waals surface area contributed by atoms with E-state index >= 15 is 0 Å². The van der Waals surface area contributed by atoms with Crippen LogP contribution in [0.1, 0.15) is 37.4 Å². The van der Waals surface area contributed by atoms with Crippen molar-refractivity contribution in [3.05, 3.63) is 26.9 Å². The third kappa shape index (κ3) is 2.80. The van der Waals surface area contributed by atoms with Gasteiger partial charge in [0.25, 0.3) is 0 Å². The summed E-state index contributed by atoms with van der Waals surface area (Å²) in [7, 11) is 0. The van der Waals surface area contributed by atoms with Crippen LogP contribution in [-0.4, -0.2) is 4.98 Å². The number of hydrogen-bond acceptors (Lipinski definition) is 2. The van der Waals surface area contributed by atoms with Crippen molar-refractivity contribution in [1.29, 1.82) is 0 Å². The van der Waals surface area contributed by atoms with Crippen molar-refractivity contribution in [3.63, 3.8) is 0 Å². The van der Waals surface area contributed by atoms with Gasteiger partial charge in [-0.05, 0) is 50.3 Å². The van der Waals surface area contributed by atoms with Crippen LogP contribution in [0, 0.1) is 5.92 Å². The number of nitrogens with zero attached hydrogens (tertiary/aromatic N) is 1. The molecule has 0 saturated heterocycles. The van der Waals surface area contributed by atoms with Crippen molar-refractivity contribution in [2.75, 3.05) is 0 Å². The highest BCUT2D eigenvalue weighted by molar-refractivity contribution is 9.11. The number of nitrogens with two attached hydrogens (primary N) is 1. The van der Waals surface area contributed by atoms with Gasteiger partial charge in [-0.25, -0.2) is 0 Å². The topological polar surface area (TPSA) is 38.9 Å². The first-order valence-corrected chi connectivity index (χ1v) is 6.82. The lowest BCUT2D eigenvalue weighted by Gasteiger charge is -2.28. The fraction of sp³-hybridized carbons (Fsp3) is 0.545. The van der Waals surface area contributed by atoms with Crippen molar-refractivity contribution >= 4 is 31.9 Å². The molecule has 0 spiro atoms. The van der Waals surface area contributed by atoms with Gasteiger partial charge in [-0.2, -0.15) is 0 Å². The Morgan fingerprint density at radius 3 is 2.73 bits per heavy atom. The molecule has 1 aromatic rings.